The van der Waals surface area contributed by atoms with Crippen LogP contribution < -0.4 is 11.2 Å². The summed E-state index contributed by atoms with van der Waals surface area (Å²) in [5.41, 5.74) is -0.617. The normalized spacial score (nSPS) is 26.9. The van der Waals surface area contributed by atoms with Crippen molar-refractivity contribution in [2.75, 3.05) is 6.61 Å². The molecule has 2 heterocycles. The SMILES string of the molecule is O=c1[nH]c(=O)n([C@H]2C[C@H](O)[C@@H](CO)O2)cc1C(I)(I)I. The van der Waals surface area contributed by atoms with Crippen molar-refractivity contribution in [2.45, 2.75) is 24.3 Å². The first-order valence-corrected chi connectivity index (χ1v) is 8.84. The molecular formula is C10H11I3N2O5. The third kappa shape index (κ3) is 3.56. The van der Waals surface area contributed by atoms with E-state index in [-0.39, 0.29) is 13.0 Å². The third-order valence-electron chi connectivity index (χ3n) is 2.97. The molecule has 1 aromatic heterocycles. The molecule has 20 heavy (non-hydrogen) atoms. The van der Waals surface area contributed by atoms with Gasteiger partial charge in [-0.2, -0.15) is 0 Å². The van der Waals surface area contributed by atoms with Crippen LogP contribution in [0.3, 0.4) is 0 Å². The van der Waals surface area contributed by atoms with Crippen LogP contribution in [0.2, 0.25) is 0 Å². The number of aromatic amines is 1. The number of aliphatic hydroxyl groups excluding tert-OH is 2. The Balaban J connectivity index is 2.43. The Kier molecular flexibility index (Phi) is 5.54. The molecular weight excluding hydrogens is 609 g/mol. The summed E-state index contributed by atoms with van der Waals surface area (Å²) < 4.78 is 6.17. The first kappa shape index (κ1) is 17.1. The Hall–Kier alpha value is 0.750. The predicted octanol–water partition coefficient (Wildman–Crippen LogP) is 0.593. The van der Waals surface area contributed by atoms with Gasteiger partial charge in [-0.25, -0.2) is 4.79 Å². The van der Waals surface area contributed by atoms with Gasteiger partial charge in [0, 0.05) is 12.6 Å². The Morgan fingerprint density at radius 3 is 2.60 bits per heavy atom. The maximum atomic E-state index is 11.9. The lowest BCUT2D eigenvalue weighted by Gasteiger charge is -2.18. The van der Waals surface area contributed by atoms with E-state index in [0.29, 0.717) is 5.56 Å². The zero-order chi connectivity index (χ0) is 15.1. The van der Waals surface area contributed by atoms with Crippen LogP contribution in [0.1, 0.15) is 18.2 Å². The lowest BCUT2D eigenvalue weighted by Crippen LogP contribution is -2.35. The lowest BCUT2D eigenvalue weighted by molar-refractivity contribution is -0.0459. The van der Waals surface area contributed by atoms with Gasteiger partial charge in [0.15, 0.2) is -0.565 Å². The number of aliphatic hydroxyl groups is 2. The second kappa shape index (κ2) is 6.47. The number of hydrogen-bond donors (Lipinski definition) is 3. The van der Waals surface area contributed by atoms with E-state index in [1.54, 1.807) is 0 Å². The monoisotopic (exact) mass is 620 g/mol. The number of nitrogens with one attached hydrogen (secondary N) is 1. The van der Waals surface area contributed by atoms with Crippen LogP contribution in [0.4, 0.5) is 0 Å². The molecule has 1 fully saturated rings. The minimum Gasteiger partial charge on any atom is -0.394 e. The predicted molar refractivity (Wildman–Crippen MR) is 96.7 cm³/mol. The molecule has 0 aromatic carbocycles. The summed E-state index contributed by atoms with van der Waals surface area (Å²) in [6, 6.07) is 0. The molecule has 3 N–H and O–H groups in total. The van der Waals surface area contributed by atoms with Crippen molar-refractivity contribution in [3.8, 4) is 0 Å². The van der Waals surface area contributed by atoms with E-state index >= 15 is 0 Å². The smallest absolute Gasteiger partial charge is 0.330 e. The quantitative estimate of drug-likeness (QED) is 0.340. The molecule has 0 aliphatic carbocycles. The number of alkyl halides is 3. The molecule has 0 radical (unpaired) electrons. The highest BCUT2D eigenvalue weighted by Crippen LogP contribution is 2.44. The van der Waals surface area contributed by atoms with Crippen LogP contribution in [0.15, 0.2) is 15.8 Å². The Bertz CT molecular complexity index is 608. The summed E-state index contributed by atoms with van der Waals surface area (Å²) in [6.07, 6.45) is -0.616. The minimum absolute atomic E-state index is 0.188. The highest BCUT2D eigenvalue weighted by Gasteiger charge is 2.36. The molecule has 0 amide bonds. The molecule has 1 aliphatic rings. The highest BCUT2D eigenvalue weighted by molar-refractivity contribution is 14.3. The van der Waals surface area contributed by atoms with Gasteiger partial charge in [-0.3, -0.25) is 14.3 Å². The Morgan fingerprint density at radius 1 is 1.45 bits per heavy atom. The van der Waals surface area contributed by atoms with E-state index in [4.69, 9.17) is 9.84 Å². The van der Waals surface area contributed by atoms with Gasteiger partial charge in [0.25, 0.3) is 5.56 Å². The molecule has 1 aromatic rings. The maximum absolute atomic E-state index is 11.9. The van der Waals surface area contributed by atoms with E-state index in [2.05, 4.69) is 72.8 Å². The van der Waals surface area contributed by atoms with Crippen LogP contribution in [0.25, 0.3) is 0 Å². The number of rotatable bonds is 3. The van der Waals surface area contributed by atoms with Crippen LogP contribution >= 0.6 is 67.8 Å². The Morgan fingerprint density at radius 2 is 2.10 bits per heavy atom. The summed E-state index contributed by atoms with van der Waals surface area (Å²) in [5.74, 6) is 0. The van der Waals surface area contributed by atoms with Crippen LogP contribution in [0.5, 0.6) is 0 Å². The average molecular weight is 620 g/mol. The molecule has 0 unspecified atom stereocenters. The lowest BCUT2D eigenvalue weighted by atomic mass is 10.2. The molecule has 0 saturated carbocycles. The number of ether oxygens (including phenoxy) is 1. The minimum atomic E-state index is -0.837. The van der Waals surface area contributed by atoms with Crippen molar-refractivity contribution in [1.82, 2.24) is 9.55 Å². The molecule has 1 aliphatic heterocycles. The van der Waals surface area contributed by atoms with Gasteiger partial charge in [-0.05, 0) is 67.8 Å². The molecule has 7 nitrogen and oxygen atoms in total. The first-order chi connectivity index (χ1) is 9.24. The number of aromatic nitrogens is 2. The number of hydrogen-bond acceptors (Lipinski definition) is 5. The van der Waals surface area contributed by atoms with Gasteiger partial charge in [-0.15, -0.1) is 0 Å². The van der Waals surface area contributed by atoms with E-state index < -0.39 is 29.1 Å². The van der Waals surface area contributed by atoms with Gasteiger partial charge in [0.05, 0.1) is 18.3 Å². The van der Waals surface area contributed by atoms with Crippen molar-refractivity contribution in [1.29, 1.82) is 0 Å². The fourth-order valence-electron chi connectivity index (χ4n) is 1.95. The van der Waals surface area contributed by atoms with Gasteiger partial charge in [-0.1, -0.05) is 0 Å². The standard InChI is InChI=1S/C10H11I3N2O5/c11-10(12,13)4-2-15(9(19)14-8(4)18)7-1-5(17)6(3-16)20-7/h2,5-7,16-17H,1,3H2,(H,14,18,19)/t5-,6+,7+/m0/s1. The fraction of sp³-hybridized carbons (Fsp3) is 0.600. The second-order valence-corrected chi connectivity index (χ2v) is 15.4. The largest absolute Gasteiger partial charge is 0.394 e. The fourth-order valence-corrected chi connectivity index (χ4v) is 3.10. The highest BCUT2D eigenvalue weighted by atomic mass is 127. The van der Waals surface area contributed by atoms with E-state index in [1.165, 1.54) is 10.8 Å². The Labute approximate surface area is 154 Å². The number of nitrogens with zero attached hydrogens (tertiary/aromatic N) is 1. The van der Waals surface area contributed by atoms with E-state index in [0.717, 1.165) is 0 Å². The molecule has 112 valence electrons. The number of H-pyrrole nitrogens is 1. The van der Waals surface area contributed by atoms with E-state index in [9.17, 15) is 14.7 Å². The molecule has 2 rings (SSSR count). The van der Waals surface area contributed by atoms with Crippen molar-refractivity contribution >= 4 is 67.8 Å². The van der Waals surface area contributed by atoms with Gasteiger partial charge in [0.1, 0.15) is 12.3 Å². The topological polar surface area (TPSA) is 105 Å². The second-order valence-electron chi connectivity index (χ2n) is 4.32. The number of halogens is 3. The summed E-state index contributed by atoms with van der Waals surface area (Å²) in [6.45, 7) is -0.322. The maximum Gasteiger partial charge on any atom is 0.330 e. The van der Waals surface area contributed by atoms with Crippen LogP contribution in [0, 0.1) is 0 Å². The van der Waals surface area contributed by atoms with Crippen molar-refractivity contribution < 1.29 is 14.9 Å². The molecule has 0 bridgehead atoms. The van der Waals surface area contributed by atoms with E-state index in [1.807, 2.05) is 0 Å². The van der Waals surface area contributed by atoms with Gasteiger partial charge < -0.3 is 14.9 Å². The zero-order valence-electron chi connectivity index (χ0n) is 9.92. The summed E-state index contributed by atoms with van der Waals surface area (Å²) in [7, 11) is 0. The zero-order valence-corrected chi connectivity index (χ0v) is 16.4. The average Bonchev–Trinajstić information content (AvgIpc) is 2.68. The summed E-state index contributed by atoms with van der Waals surface area (Å²) >= 11 is 6.25. The molecule has 3 atom stereocenters. The van der Waals surface area contributed by atoms with Gasteiger partial charge >= 0.3 is 5.69 Å². The van der Waals surface area contributed by atoms with Crippen molar-refractivity contribution in [3.05, 3.63) is 32.6 Å². The van der Waals surface area contributed by atoms with Crippen molar-refractivity contribution in [3.63, 3.8) is 0 Å². The van der Waals surface area contributed by atoms with Crippen LogP contribution in [-0.2, 0) is 4.17 Å². The van der Waals surface area contributed by atoms with Crippen LogP contribution in [-0.4, -0.2) is 38.6 Å². The van der Waals surface area contributed by atoms with Gasteiger partial charge in [0.2, 0.25) is 0 Å². The summed E-state index contributed by atoms with van der Waals surface area (Å²) in [5, 5.41) is 18.8. The summed E-state index contributed by atoms with van der Waals surface area (Å²) in [4.78, 5) is 26.0. The molecule has 10 heteroatoms. The molecule has 1 saturated heterocycles. The van der Waals surface area contributed by atoms with Crippen molar-refractivity contribution in [2.24, 2.45) is 0 Å². The first-order valence-electron chi connectivity index (χ1n) is 5.61. The third-order valence-corrected chi connectivity index (χ3v) is 4.71. The molecule has 0 spiro atoms.